The molecule has 1 nitrogen and oxygen atoms in total. The fourth-order valence-corrected chi connectivity index (χ4v) is 5.05. The van der Waals surface area contributed by atoms with E-state index in [-0.39, 0.29) is 0 Å². The van der Waals surface area contributed by atoms with Gasteiger partial charge in [0.15, 0.2) is 0 Å². The van der Waals surface area contributed by atoms with Crippen LogP contribution in [0, 0.1) is 0 Å². The summed E-state index contributed by atoms with van der Waals surface area (Å²) in [4.78, 5) is 1.41. The molecular formula is C12H21NS. The minimum Gasteiger partial charge on any atom is -0.398 e. The number of nitrogens with two attached hydrogens (primary N) is 1. The van der Waals surface area contributed by atoms with Crippen LogP contribution in [0.3, 0.4) is 0 Å². The molecule has 0 heterocycles. The highest BCUT2D eigenvalue weighted by Gasteiger charge is 2.21. The van der Waals surface area contributed by atoms with E-state index in [0.29, 0.717) is 0 Å². The van der Waals surface area contributed by atoms with E-state index in [1.807, 2.05) is 12.1 Å². The van der Waals surface area contributed by atoms with Crippen LogP contribution in [0.4, 0.5) is 5.69 Å². The molecule has 0 radical (unpaired) electrons. The molecule has 0 aliphatic carbocycles. The molecule has 0 saturated heterocycles. The number of hydrogen-bond donors (Lipinski definition) is 1. The van der Waals surface area contributed by atoms with Crippen molar-refractivity contribution in [1.29, 1.82) is 0 Å². The maximum absolute atomic E-state index is 6.05. The molecule has 0 aliphatic heterocycles. The summed E-state index contributed by atoms with van der Waals surface area (Å²) in [6.45, 7) is 6.86. The van der Waals surface area contributed by atoms with Crippen LogP contribution >= 0.6 is 10.0 Å². The van der Waals surface area contributed by atoms with Crippen molar-refractivity contribution in [3.05, 3.63) is 24.3 Å². The molecule has 0 bridgehead atoms. The first-order valence-electron chi connectivity index (χ1n) is 5.31. The molecule has 2 heteroatoms. The van der Waals surface area contributed by atoms with Crippen molar-refractivity contribution in [2.45, 2.75) is 25.7 Å². The van der Waals surface area contributed by atoms with Crippen LogP contribution in [0.5, 0.6) is 0 Å². The lowest BCUT2D eigenvalue weighted by Gasteiger charge is -2.38. The summed E-state index contributed by atoms with van der Waals surface area (Å²) in [5.74, 6) is 3.73. The van der Waals surface area contributed by atoms with Crippen molar-refractivity contribution in [3.63, 3.8) is 0 Å². The van der Waals surface area contributed by atoms with Crippen LogP contribution < -0.4 is 5.73 Å². The minimum absolute atomic E-state index is 0.645. The number of nitrogen functional groups attached to an aromatic ring is 1. The fourth-order valence-electron chi connectivity index (χ4n) is 1.95. The Morgan fingerprint density at radius 2 is 1.50 bits per heavy atom. The molecule has 0 atom stereocenters. The highest BCUT2D eigenvalue weighted by Crippen LogP contribution is 2.56. The standard InChI is InChI=1S/C12H21NS/c1-4-14(5-2,6-3)12-10-8-7-9-11(12)13/h7-10H,4-6,13H2,1-3H3. The van der Waals surface area contributed by atoms with Gasteiger partial charge in [0.05, 0.1) is 0 Å². The Bertz CT molecular complexity index is 284. The Balaban J connectivity index is 3.17. The second kappa shape index (κ2) is 4.74. The SMILES string of the molecule is CCS(CC)(CC)c1ccccc1N. The summed E-state index contributed by atoms with van der Waals surface area (Å²) in [5, 5.41) is 0. The molecule has 0 amide bonds. The molecule has 0 spiro atoms. The zero-order valence-corrected chi connectivity index (χ0v) is 10.2. The normalized spacial score (nSPS) is 12.8. The third-order valence-corrected chi connectivity index (χ3v) is 7.66. The third kappa shape index (κ3) is 1.90. The van der Waals surface area contributed by atoms with Crippen LogP contribution in [-0.4, -0.2) is 17.3 Å². The maximum Gasteiger partial charge on any atom is 0.0437 e. The second-order valence-electron chi connectivity index (χ2n) is 3.45. The maximum atomic E-state index is 6.05. The van der Waals surface area contributed by atoms with Crippen molar-refractivity contribution in [1.82, 2.24) is 0 Å². The fraction of sp³-hybridized carbons (Fsp3) is 0.500. The van der Waals surface area contributed by atoms with E-state index >= 15 is 0 Å². The Hall–Kier alpha value is -0.630. The lowest BCUT2D eigenvalue weighted by atomic mass is 10.3. The van der Waals surface area contributed by atoms with Gasteiger partial charge in [-0.1, -0.05) is 32.9 Å². The molecule has 1 rings (SSSR count). The van der Waals surface area contributed by atoms with Gasteiger partial charge in [0.1, 0.15) is 0 Å². The Morgan fingerprint density at radius 3 is 1.93 bits per heavy atom. The van der Waals surface area contributed by atoms with Gasteiger partial charge in [-0.15, -0.1) is 0 Å². The topological polar surface area (TPSA) is 26.0 Å². The molecule has 0 saturated carbocycles. The van der Waals surface area contributed by atoms with Gasteiger partial charge in [-0.2, -0.15) is 0 Å². The van der Waals surface area contributed by atoms with Crippen molar-refractivity contribution >= 4 is 15.7 Å². The van der Waals surface area contributed by atoms with Crippen molar-refractivity contribution < 1.29 is 0 Å². The number of para-hydroxylation sites is 1. The minimum atomic E-state index is -0.645. The van der Waals surface area contributed by atoms with Crippen LogP contribution in [0.25, 0.3) is 0 Å². The quantitative estimate of drug-likeness (QED) is 0.758. The van der Waals surface area contributed by atoms with E-state index in [1.165, 1.54) is 22.2 Å². The van der Waals surface area contributed by atoms with Crippen LogP contribution in [0.2, 0.25) is 0 Å². The summed E-state index contributed by atoms with van der Waals surface area (Å²) in [6.07, 6.45) is 0. The Labute approximate surface area is 89.0 Å². The molecule has 80 valence electrons. The molecule has 2 N–H and O–H groups in total. The monoisotopic (exact) mass is 211 g/mol. The van der Waals surface area contributed by atoms with E-state index in [9.17, 15) is 0 Å². The largest absolute Gasteiger partial charge is 0.398 e. The van der Waals surface area contributed by atoms with Gasteiger partial charge in [-0.25, -0.2) is 10.0 Å². The zero-order chi connectivity index (χ0) is 10.6. The lowest BCUT2D eigenvalue weighted by Crippen LogP contribution is -2.11. The number of rotatable bonds is 4. The Kier molecular flexibility index (Phi) is 3.87. The van der Waals surface area contributed by atoms with E-state index < -0.39 is 10.0 Å². The molecule has 1 aromatic carbocycles. The third-order valence-electron chi connectivity index (χ3n) is 3.04. The van der Waals surface area contributed by atoms with Crippen LogP contribution in [0.15, 0.2) is 29.2 Å². The average Bonchev–Trinajstić information content (AvgIpc) is 2.24. The summed E-state index contributed by atoms with van der Waals surface area (Å²) in [6, 6.07) is 8.36. The highest BCUT2D eigenvalue weighted by atomic mass is 32.3. The van der Waals surface area contributed by atoms with E-state index in [1.54, 1.807) is 0 Å². The van der Waals surface area contributed by atoms with Gasteiger partial charge in [-0.3, -0.25) is 0 Å². The van der Waals surface area contributed by atoms with Gasteiger partial charge >= 0.3 is 0 Å². The number of hydrogen-bond acceptors (Lipinski definition) is 1. The molecule has 14 heavy (non-hydrogen) atoms. The van der Waals surface area contributed by atoms with Crippen molar-refractivity contribution in [2.75, 3.05) is 23.0 Å². The summed E-state index contributed by atoms with van der Waals surface area (Å²) in [5.41, 5.74) is 7.03. The predicted octanol–water partition coefficient (Wildman–Crippen LogP) is 3.49. The summed E-state index contributed by atoms with van der Waals surface area (Å²) >= 11 is 0. The van der Waals surface area contributed by atoms with Gasteiger partial charge in [0.2, 0.25) is 0 Å². The number of anilines is 1. The number of benzene rings is 1. The summed E-state index contributed by atoms with van der Waals surface area (Å²) in [7, 11) is -0.645. The van der Waals surface area contributed by atoms with E-state index in [0.717, 1.165) is 5.69 Å². The molecule has 0 fully saturated rings. The second-order valence-corrected chi connectivity index (χ2v) is 7.71. The predicted molar refractivity (Wildman–Crippen MR) is 68.3 cm³/mol. The molecule has 0 aliphatic rings. The van der Waals surface area contributed by atoms with Gasteiger partial charge in [0, 0.05) is 10.6 Å². The van der Waals surface area contributed by atoms with Crippen molar-refractivity contribution in [2.24, 2.45) is 0 Å². The molecule has 1 aromatic rings. The average molecular weight is 211 g/mol. The van der Waals surface area contributed by atoms with E-state index in [4.69, 9.17) is 5.73 Å². The smallest absolute Gasteiger partial charge is 0.0437 e. The van der Waals surface area contributed by atoms with Gasteiger partial charge < -0.3 is 5.73 Å². The molecule has 0 unspecified atom stereocenters. The Morgan fingerprint density at radius 1 is 1.00 bits per heavy atom. The molecular weight excluding hydrogens is 190 g/mol. The lowest BCUT2D eigenvalue weighted by molar-refractivity contribution is 1.28. The van der Waals surface area contributed by atoms with Crippen LogP contribution in [0.1, 0.15) is 20.8 Å². The first kappa shape index (κ1) is 11.4. The van der Waals surface area contributed by atoms with Gasteiger partial charge in [0.25, 0.3) is 0 Å². The van der Waals surface area contributed by atoms with E-state index in [2.05, 4.69) is 32.9 Å². The summed E-state index contributed by atoms with van der Waals surface area (Å²) < 4.78 is 0. The highest BCUT2D eigenvalue weighted by molar-refractivity contribution is 8.33. The molecule has 0 aromatic heterocycles. The zero-order valence-electron chi connectivity index (χ0n) is 9.42. The first-order chi connectivity index (χ1) is 6.70. The van der Waals surface area contributed by atoms with Gasteiger partial charge in [-0.05, 0) is 29.4 Å². The first-order valence-corrected chi connectivity index (χ1v) is 7.45. The van der Waals surface area contributed by atoms with Crippen molar-refractivity contribution in [3.8, 4) is 0 Å². The van der Waals surface area contributed by atoms with Crippen LogP contribution in [-0.2, 0) is 0 Å².